The van der Waals surface area contributed by atoms with Crippen molar-refractivity contribution >= 4 is 29.5 Å². The van der Waals surface area contributed by atoms with Gasteiger partial charge in [-0.1, -0.05) is 0 Å². The number of rotatable bonds is 3. The molecule has 1 amide bonds. The van der Waals surface area contributed by atoms with Gasteiger partial charge in [-0.3, -0.25) is 4.79 Å². The van der Waals surface area contributed by atoms with Crippen LogP contribution in [0.25, 0.3) is 0 Å². The van der Waals surface area contributed by atoms with Crippen molar-refractivity contribution in [1.29, 1.82) is 0 Å². The summed E-state index contributed by atoms with van der Waals surface area (Å²) in [6, 6.07) is 6.58. The zero-order chi connectivity index (χ0) is 10.6. The summed E-state index contributed by atoms with van der Waals surface area (Å²) >= 11 is 10.6. The highest BCUT2D eigenvalue weighted by molar-refractivity contribution is 6.43. The van der Waals surface area contributed by atoms with E-state index in [0.29, 0.717) is 21.9 Å². The highest BCUT2D eigenvalue weighted by atomic mass is 35.5. The number of hydrogen-bond donors (Lipinski definition) is 0. The van der Waals surface area contributed by atoms with Gasteiger partial charge >= 0.3 is 0 Å². The van der Waals surface area contributed by atoms with Crippen molar-refractivity contribution in [3.8, 4) is 5.75 Å². The number of benzene rings is 1. The van der Waals surface area contributed by atoms with Crippen LogP contribution in [0.3, 0.4) is 0 Å². The summed E-state index contributed by atoms with van der Waals surface area (Å²) in [4.78, 5) is 11.2. The van der Waals surface area contributed by atoms with Crippen molar-refractivity contribution in [2.24, 2.45) is 0 Å². The summed E-state index contributed by atoms with van der Waals surface area (Å²) in [5.74, 6) is 0.246. The van der Waals surface area contributed by atoms with Crippen molar-refractivity contribution in [2.75, 3.05) is 6.61 Å². The highest BCUT2D eigenvalue weighted by Crippen LogP contribution is 2.15. The predicted octanol–water partition coefficient (Wildman–Crippen LogP) is 2.84. The van der Waals surface area contributed by atoms with Gasteiger partial charge in [-0.2, -0.15) is 3.94 Å². The molecule has 1 rings (SSSR count). The summed E-state index contributed by atoms with van der Waals surface area (Å²) in [5.41, 5.74) is 0.415. The molecular weight excluding hydrogens is 225 g/mol. The SMILES string of the molecule is CCOc1ccc(C(=O)N(Cl)Cl)cc1. The van der Waals surface area contributed by atoms with E-state index < -0.39 is 5.91 Å². The Balaban J connectivity index is 2.78. The molecule has 0 saturated heterocycles. The van der Waals surface area contributed by atoms with Crippen LogP contribution < -0.4 is 4.74 Å². The van der Waals surface area contributed by atoms with Gasteiger partial charge in [0.1, 0.15) is 5.75 Å². The first-order chi connectivity index (χ1) is 6.65. The lowest BCUT2D eigenvalue weighted by Gasteiger charge is -2.05. The lowest BCUT2D eigenvalue weighted by atomic mass is 10.2. The van der Waals surface area contributed by atoms with Crippen molar-refractivity contribution in [3.63, 3.8) is 0 Å². The van der Waals surface area contributed by atoms with Gasteiger partial charge in [0.05, 0.1) is 6.61 Å². The van der Waals surface area contributed by atoms with Crippen LogP contribution in [0, 0.1) is 0 Å². The van der Waals surface area contributed by atoms with Gasteiger partial charge in [0.2, 0.25) is 0 Å². The van der Waals surface area contributed by atoms with Crippen LogP contribution >= 0.6 is 23.6 Å². The molecule has 0 aromatic heterocycles. The molecule has 0 aliphatic heterocycles. The normalized spacial score (nSPS) is 9.64. The highest BCUT2D eigenvalue weighted by Gasteiger charge is 2.10. The molecule has 0 heterocycles. The van der Waals surface area contributed by atoms with Gasteiger partial charge in [-0.05, 0) is 31.2 Å². The Kier molecular flexibility index (Phi) is 4.04. The number of halogens is 2. The molecule has 3 nitrogen and oxygen atoms in total. The summed E-state index contributed by atoms with van der Waals surface area (Å²) < 4.78 is 5.71. The number of carbonyl (C=O) groups excluding carboxylic acids is 1. The van der Waals surface area contributed by atoms with Crippen molar-refractivity contribution in [2.45, 2.75) is 6.92 Å². The Bertz CT molecular complexity index is 311. The molecule has 0 radical (unpaired) electrons. The Hall–Kier alpha value is -0.930. The predicted molar refractivity (Wildman–Crippen MR) is 55.5 cm³/mol. The maximum Gasteiger partial charge on any atom is 0.283 e. The van der Waals surface area contributed by atoms with Crippen LogP contribution in [0.5, 0.6) is 5.75 Å². The minimum atomic E-state index is -0.462. The van der Waals surface area contributed by atoms with E-state index in [0.717, 1.165) is 0 Å². The molecule has 0 aliphatic rings. The molecule has 1 aromatic rings. The third-order valence-corrected chi connectivity index (χ3v) is 1.87. The van der Waals surface area contributed by atoms with E-state index in [4.69, 9.17) is 28.3 Å². The van der Waals surface area contributed by atoms with Crippen LogP contribution in [-0.4, -0.2) is 16.5 Å². The second-order valence-electron chi connectivity index (χ2n) is 2.50. The zero-order valence-corrected chi connectivity index (χ0v) is 9.05. The summed E-state index contributed by atoms with van der Waals surface area (Å²) in [6.07, 6.45) is 0. The Labute approximate surface area is 92.4 Å². The van der Waals surface area contributed by atoms with E-state index in [9.17, 15) is 4.79 Å². The lowest BCUT2D eigenvalue weighted by Crippen LogP contribution is -2.10. The first-order valence-electron chi connectivity index (χ1n) is 4.04. The first kappa shape index (κ1) is 11.1. The zero-order valence-electron chi connectivity index (χ0n) is 7.54. The summed E-state index contributed by atoms with van der Waals surface area (Å²) in [6.45, 7) is 2.47. The quantitative estimate of drug-likeness (QED) is 0.752. The van der Waals surface area contributed by atoms with Gasteiger partial charge in [0.25, 0.3) is 5.91 Å². The lowest BCUT2D eigenvalue weighted by molar-refractivity contribution is 0.0924. The fraction of sp³-hybridized carbons (Fsp3) is 0.222. The third kappa shape index (κ3) is 2.79. The molecule has 76 valence electrons. The molecular formula is C9H9Cl2NO2. The molecule has 0 fully saturated rings. The molecule has 14 heavy (non-hydrogen) atoms. The third-order valence-electron chi connectivity index (χ3n) is 1.57. The van der Waals surface area contributed by atoms with Gasteiger partial charge in [0, 0.05) is 29.1 Å². The van der Waals surface area contributed by atoms with E-state index in [2.05, 4.69) is 0 Å². The molecule has 5 heteroatoms. The minimum absolute atomic E-state index is 0.415. The van der Waals surface area contributed by atoms with Crippen molar-refractivity contribution in [3.05, 3.63) is 29.8 Å². The fourth-order valence-corrected chi connectivity index (χ4v) is 1.15. The van der Waals surface area contributed by atoms with Crippen LogP contribution in [0.1, 0.15) is 17.3 Å². The second kappa shape index (κ2) is 5.08. The van der Waals surface area contributed by atoms with E-state index in [1.54, 1.807) is 24.3 Å². The average molecular weight is 234 g/mol. The molecule has 0 aliphatic carbocycles. The van der Waals surface area contributed by atoms with E-state index in [-0.39, 0.29) is 0 Å². The van der Waals surface area contributed by atoms with Gasteiger partial charge in [-0.25, -0.2) is 0 Å². The standard InChI is InChI=1S/C9H9Cl2NO2/c1-2-14-8-5-3-7(4-6-8)9(13)12(10)11/h3-6H,2H2,1H3. The number of nitrogens with zero attached hydrogens (tertiary/aromatic N) is 1. The monoisotopic (exact) mass is 233 g/mol. The Morgan fingerprint density at radius 3 is 2.36 bits per heavy atom. The number of hydrogen-bond acceptors (Lipinski definition) is 2. The van der Waals surface area contributed by atoms with Gasteiger partial charge in [0.15, 0.2) is 0 Å². The molecule has 0 bridgehead atoms. The van der Waals surface area contributed by atoms with Crippen LogP contribution in [0.15, 0.2) is 24.3 Å². The maximum atomic E-state index is 11.2. The van der Waals surface area contributed by atoms with E-state index in [1.165, 1.54) is 0 Å². The Morgan fingerprint density at radius 2 is 1.93 bits per heavy atom. The maximum absolute atomic E-state index is 11.2. The van der Waals surface area contributed by atoms with Gasteiger partial charge < -0.3 is 4.74 Å². The number of carbonyl (C=O) groups is 1. The molecule has 0 N–H and O–H groups in total. The number of ether oxygens (including phenoxy) is 1. The van der Waals surface area contributed by atoms with Crippen LogP contribution in [-0.2, 0) is 0 Å². The summed E-state index contributed by atoms with van der Waals surface area (Å²) in [7, 11) is 0. The smallest absolute Gasteiger partial charge is 0.283 e. The van der Waals surface area contributed by atoms with Crippen molar-refractivity contribution in [1.82, 2.24) is 3.94 Å². The molecule has 0 unspecified atom stereocenters. The molecule has 1 aromatic carbocycles. The molecule has 0 saturated carbocycles. The largest absolute Gasteiger partial charge is 0.494 e. The van der Waals surface area contributed by atoms with Crippen molar-refractivity contribution < 1.29 is 9.53 Å². The topological polar surface area (TPSA) is 29.5 Å². The Morgan fingerprint density at radius 1 is 1.36 bits per heavy atom. The minimum Gasteiger partial charge on any atom is -0.494 e. The molecule has 0 atom stereocenters. The second-order valence-corrected chi connectivity index (χ2v) is 3.34. The average Bonchev–Trinajstić information content (AvgIpc) is 2.18. The first-order valence-corrected chi connectivity index (χ1v) is 4.71. The van der Waals surface area contributed by atoms with E-state index in [1.807, 2.05) is 6.92 Å². The van der Waals surface area contributed by atoms with E-state index >= 15 is 0 Å². The van der Waals surface area contributed by atoms with Crippen LogP contribution in [0.4, 0.5) is 0 Å². The van der Waals surface area contributed by atoms with Gasteiger partial charge in [-0.15, -0.1) is 0 Å². The summed E-state index contributed by atoms with van der Waals surface area (Å²) in [5, 5.41) is 0. The number of amides is 1. The fourth-order valence-electron chi connectivity index (χ4n) is 0.958. The van der Waals surface area contributed by atoms with Crippen LogP contribution in [0.2, 0.25) is 0 Å². The molecule has 0 spiro atoms.